The van der Waals surface area contributed by atoms with Gasteiger partial charge in [0.15, 0.2) is 0 Å². The van der Waals surface area contributed by atoms with Crippen molar-refractivity contribution in [2.75, 3.05) is 6.54 Å². The van der Waals surface area contributed by atoms with Crippen LogP contribution in [0.1, 0.15) is 66.4 Å². The van der Waals surface area contributed by atoms with Gasteiger partial charge in [0.1, 0.15) is 6.04 Å². The van der Waals surface area contributed by atoms with E-state index in [1.807, 2.05) is 12.1 Å². The lowest BCUT2D eigenvalue weighted by Crippen LogP contribution is -2.52. The van der Waals surface area contributed by atoms with Crippen LogP contribution in [0.2, 0.25) is 0 Å². The first kappa shape index (κ1) is 19.7. The highest BCUT2D eigenvalue weighted by atomic mass is 16.2. The van der Waals surface area contributed by atoms with E-state index in [0.717, 1.165) is 17.0 Å². The van der Waals surface area contributed by atoms with Crippen LogP contribution in [0.15, 0.2) is 18.2 Å². The summed E-state index contributed by atoms with van der Waals surface area (Å²) in [6, 6.07) is 5.53. The Balaban J connectivity index is 1.32. The maximum atomic E-state index is 13.0. The number of rotatable bonds is 6. The minimum absolute atomic E-state index is 0.121. The molecule has 30 heavy (non-hydrogen) atoms. The molecule has 1 aromatic carbocycles. The maximum absolute atomic E-state index is 13.0. The minimum Gasteiger partial charge on any atom is -0.329 e. The summed E-state index contributed by atoms with van der Waals surface area (Å²) in [5, 5.41) is 6.08. The molecule has 0 aromatic heterocycles. The molecular formula is C23H30N4O3. The van der Waals surface area contributed by atoms with Gasteiger partial charge in [-0.1, -0.05) is 12.1 Å². The third-order valence-corrected chi connectivity index (χ3v) is 7.99. The van der Waals surface area contributed by atoms with Gasteiger partial charge in [-0.2, -0.15) is 0 Å². The summed E-state index contributed by atoms with van der Waals surface area (Å²) in [4.78, 5) is 38.4. The predicted molar refractivity (Wildman–Crippen MR) is 111 cm³/mol. The second kappa shape index (κ2) is 7.46. The highest BCUT2D eigenvalue weighted by Gasteiger charge is 2.49. The van der Waals surface area contributed by atoms with E-state index in [0.29, 0.717) is 43.1 Å². The average molecular weight is 411 g/mol. The highest BCUT2D eigenvalue weighted by Crippen LogP contribution is 2.55. The van der Waals surface area contributed by atoms with Crippen molar-refractivity contribution >= 4 is 17.7 Å². The third kappa shape index (κ3) is 3.15. The lowest BCUT2D eigenvalue weighted by Gasteiger charge is -2.36. The molecule has 1 aromatic rings. The van der Waals surface area contributed by atoms with Crippen molar-refractivity contribution in [3.8, 4) is 0 Å². The number of fused-ring (bicyclic) bond motifs is 3. The normalized spacial score (nSPS) is 31.2. The van der Waals surface area contributed by atoms with Crippen LogP contribution in [0.5, 0.6) is 0 Å². The number of amides is 3. The highest BCUT2D eigenvalue weighted by molar-refractivity contribution is 6.05. The largest absolute Gasteiger partial charge is 0.329 e. The van der Waals surface area contributed by atoms with Crippen LogP contribution in [-0.2, 0) is 22.7 Å². The Kier molecular flexibility index (Phi) is 4.90. The third-order valence-electron chi connectivity index (χ3n) is 7.99. The van der Waals surface area contributed by atoms with Gasteiger partial charge in [-0.25, -0.2) is 0 Å². The van der Waals surface area contributed by atoms with Gasteiger partial charge < -0.3 is 16.0 Å². The van der Waals surface area contributed by atoms with Gasteiger partial charge in [0.25, 0.3) is 5.91 Å². The SMILES string of the molecule is NCC(NCc1cccc2c1CN(C1CCC(=O)NC1=O)C2=O)C12CCC(CC1)C2. The summed E-state index contributed by atoms with van der Waals surface area (Å²) in [5.74, 6) is 0.122. The number of benzene rings is 1. The Morgan fingerprint density at radius 2 is 2.00 bits per heavy atom. The summed E-state index contributed by atoms with van der Waals surface area (Å²) in [7, 11) is 0. The minimum atomic E-state index is -0.576. The Labute approximate surface area is 176 Å². The Bertz CT molecular complexity index is 890. The molecule has 2 saturated carbocycles. The predicted octanol–water partition coefficient (Wildman–Crippen LogP) is 1.44. The maximum Gasteiger partial charge on any atom is 0.255 e. The topological polar surface area (TPSA) is 105 Å². The Hall–Kier alpha value is -2.25. The summed E-state index contributed by atoms with van der Waals surface area (Å²) in [6.07, 6.45) is 7.13. The first-order valence-electron chi connectivity index (χ1n) is 11.2. The van der Waals surface area contributed by atoms with E-state index in [-0.39, 0.29) is 24.1 Å². The molecule has 160 valence electrons. The smallest absolute Gasteiger partial charge is 0.255 e. The van der Waals surface area contributed by atoms with E-state index in [4.69, 9.17) is 5.73 Å². The molecule has 2 heterocycles. The van der Waals surface area contributed by atoms with Crippen LogP contribution >= 0.6 is 0 Å². The number of hydrogen-bond donors (Lipinski definition) is 3. The lowest BCUT2D eigenvalue weighted by molar-refractivity contribution is -0.136. The van der Waals surface area contributed by atoms with E-state index in [9.17, 15) is 14.4 Å². The van der Waals surface area contributed by atoms with Crippen molar-refractivity contribution < 1.29 is 14.4 Å². The number of imide groups is 1. The molecule has 2 aliphatic heterocycles. The molecule has 3 amide bonds. The summed E-state index contributed by atoms with van der Waals surface area (Å²) >= 11 is 0. The van der Waals surface area contributed by atoms with Gasteiger partial charge >= 0.3 is 0 Å². The second-order valence-corrected chi connectivity index (χ2v) is 9.52. The van der Waals surface area contributed by atoms with Gasteiger partial charge in [0.2, 0.25) is 11.8 Å². The molecule has 4 aliphatic rings. The molecule has 3 fully saturated rings. The van der Waals surface area contributed by atoms with Crippen molar-refractivity contribution in [3.63, 3.8) is 0 Å². The van der Waals surface area contributed by atoms with Crippen LogP contribution in [0.3, 0.4) is 0 Å². The van der Waals surface area contributed by atoms with E-state index in [1.165, 1.54) is 32.1 Å². The van der Waals surface area contributed by atoms with E-state index < -0.39 is 6.04 Å². The van der Waals surface area contributed by atoms with Gasteiger partial charge in [0, 0.05) is 37.7 Å². The fourth-order valence-electron chi connectivity index (χ4n) is 6.32. The number of carbonyl (C=O) groups excluding carboxylic acids is 3. The first-order chi connectivity index (χ1) is 14.5. The van der Waals surface area contributed by atoms with Gasteiger partial charge in [-0.05, 0) is 67.1 Å². The van der Waals surface area contributed by atoms with Crippen molar-refractivity contribution in [1.29, 1.82) is 0 Å². The molecular weight excluding hydrogens is 380 g/mol. The molecule has 2 unspecified atom stereocenters. The number of hydrogen-bond acceptors (Lipinski definition) is 5. The van der Waals surface area contributed by atoms with Crippen LogP contribution in [0, 0.1) is 11.3 Å². The van der Waals surface area contributed by atoms with Crippen LogP contribution in [0.4, 0.5) is 0 Å². The van der Waals surface area contributed by atoms with Crippen LogP contribution in [-0.4, -0.2) is 41.2 Å². The molecule has 0 spiro atoms. The lowest BCUT2D eigenvalue weighted by atomic mass is 9.77. The average Bonchev–Trinajstić information content (AvgIpc) is 3.43. The Morgan fingerprint density at radius 3 is 2.67 bits per heavy atom. The number of carbonyl (C=O) groups is 3. The number of piperidine rings is 1. The molecule has 7 heteroatoms. The van der Waals surface area contributed by atoms with Gasteiger partial charge in [-0.3, -0.25) is 19.7 Å². The molecule has 2 aliphatic carbocycles. The van der Waals surface area contributed by atoms with Crippen molar-refractivity contribution in [3.05, 3.63) is 34.9 Å². The number of nitrogens with zero attached hydrogens (tertiary/aromatic N) is 1. The zero-order valence-electron chi connectivity index (χ0n) is 17.3. The van der Waals surface area contributed by atoms with Crippen molar-refractivity contribution in [2.45, 2.75) is 70.1 Å². The molecule has 4 N–H and O–H groups in total. The fourth-order valence-corrected chi connectivity index (χ4v) is 6.32. The second-order valence-electron chi connectivity index (χ2n) is 9.52. The summed E-state index contributed by atoms with van der Waals surface area (Å²) < 4.78 is 0. The van der Waals surface area contributed by atoms with E-state index in [1.54, 1.807) is 4.90 Å². The number of nitrogens with one attached hydrogen (secondary N) is 2. The zero-order valence-corrected chi connectivity index (χ0v) is 17.3. The van der Waals surface area contributed by atoms with Crippen molar-refractivity contribution in [1.82, 2.24) is 15.5 Å². The molecule has 0 radical (unpaired) electrons. The monoisotopic (exact) mass is 410 g/mol. The standard InChI is InChI=1S/C23H30N4O3/c24-11-19(23-8-6-14(10-23)7-9-23)25-12-15-2-1-3-16-17(15)13-27(22(16)30)18-4-5-20(28)26-21(18)29/h1-3,14,18-19,25H,4-13,24H2,(H,26,28,29). The number of nitrogens with two attached hydrogens (primary N) is 1. The van der Waals surface area contributed by atoms with E-state index in [2.05, 4.69) is 16.7 Å². The van der Waals surface area contributed by atoms with E-state index >= 15 is 0 Å². The molecule has 2 atom stereocenters. The summed E-state index contributed by atoms with van der Waals surface area (Å²) in [5.41, 5.74) is 9.27. The molecule has 2 bridgehead atoms. The Morgan fingerprint density at radius 1 is 1.20 bits per heavy atom. The zero-order chi connectivity index (χ0) is 20.9. The van der Waals surface area contributed by atoms with Gasteiger partial charge in [0.05, 0.1) is 0 Å². The quantitative estimate of drug-likeness (QED) is 0.616. The molecule has 7 nitrogen and oxygen atoms in total. The first-order valence-corrected chi connectivity index (χ1v) is 11.2. The van der Waals surface area contributed by atoms with Crippen LogP contribution < -0.4 is 16.4 Å². The van der Waals surface area contributed by atoms with Gasteiger partial charge in [-0.15, -0.1) is 0 Å². The molecule has 5 rings (SSSR count). The van der Waals surface area contributed by atoms with Crippen molar-refractivity contribution in [2.24, 2.45) is 17.1 Å². The van der Waals surface area contributed by atoms with Crippen LogP contribution in [0.25, 0.3) is 0 Å². The molecule has 1 saturated heterocycles. The summed E-state index contributed by atoms with van der Waals surface area (Å²) in [6.45, 7) is 1.72. The fraction of sp³-hybridized carbons (Fsp3) is 0.609.